The summed E-state index contributed by atoms with van der Waals surface area (Å²) in [6.45, 7) is 0. The molecule has 0 aliphatic rings. The summed E-state index contributed by atoms with van der Waals surface area (Å²) >= 11 is 12.2. The van der Waals surface area contributed by atoms with Gasteiger partial charge >= 0.3 is 6.01 Å². The predicted octanol–water partition coefficient (Wildman–Crippen LogP) is 5.07. The third-order valence-corrected chi connectivity index (χ3v) is 4.07. The number of ether oxygens (including phenoxy) is 3. The van der Waals surface area contributed by atoms with E-state index in [2.05, 4.69) is 9.97 Å². The highest BCUT2D eigenvalue weighted by atomic mass is 35.5. The normalized spacial score (nSPS) is 10.4. The summed E-state index contributed by atoms with van der Waals surface area (Å²) in [6, 6.07) is 11.7. The highest BCUT2D eigenvalue weighted by Crippen LogP contribution is 2.34. The van der Waals surface area contributed by atoms with Crippen LogP contribution in [0.3, 0.4) is 0 Å². The maximum Gasteiger partial charge on any atom is 0.328 e. The lowest BCUT2D eigenvalue weighted by atomic mass is 9.99. The Morgan fingerprint density at radius 2 is 1.56 bits per heavy atom. The Morgan fingerprint density at radius 1 is 0.926 bits per heavy atom. The van der Waals surface area contributed by atoms with E-state index in [1.165, 1.54) is 20.3 Å². The van der Waals surface area contributed by atoms with E-state index in [-0.39, 0.29) is 23.5 Å². The summed E-state index contributed by atoms with van der Waals surface area (Å²) in [5.74, 6) is 0.804. The van der Waals surface area contributed by atoms with Gasteiger partial charge in [-0.25, -0.2) is 0 Å². The number of rotatable bonds is 6. The van der Waals surface area contributed by atoms with E-state index in [9.17, 15) is 4.79 Å². The second-order valence-corrected chi connectivity index (χ2v) is 6.20. The number of benzene rings is 2. The van der Waals surface area contributed by atoms with Gasteiger partial charge in [-0.15, -0.1) is 0 Å². The van der Waals surface area contributed by atoms with Gasteiger partial charge in [-0.1, -0.05) is 35.3 Å². The number of aldehydes is 1. The van der Waals surface area contributed by atoms with Crippen LogP contribution in [0.25, 0.3) is 11.1 Å². The number of nitrogens with zero attached hydrogens (tertiary/aromatic N) is 2. The lowest BCUT2D eigenvalue weighted by Gasteiger charge is -2.12. The average Bonchev–Trinajstić information content (AvgIpc) is 2.66. The molecule has 0 bridgehead atoms. The molecular weight excluding hydrogens is 391 g/mol. The SMILES string of the molecule is COc1cc(OC)nc(Oc2cccc(-c3cc(Cl)cc(Cl)c3)c2C=O)n1. The average molecular weight is 405 g/mol. The molecule has 0 atom stereocenters. The molecular formula is C19H14Cl2N2O4. The zero-order chi connectivity index (χ0) is 19.4. The molecule has 8 heteroatoms. The van der Waals surface area contributed by atoms with Gasteiger partial charge in [0.25, 0.3) is 0 Å². The molecule has 138 valence electrons. The van der Waals surface area contributed by atoms with E-state index in [1.807, 2.05) is 0 Å². The van der Waals surface area contributed by atoms with Crippen LogP contribution in [0.2, 0.25) is 10.0 Å². The second kappa shape index (κ2) is 8.24. The molecule has 1 heterocycles. The van der Waals surface area contributed by atoms with Crippen molar-refractivity contribution in [2.75, 3.05) is 14.2 Å². The van der Waals surface area contributed by atoms with E-state index >= 15 is 0 Å². The van der Waals surface area contributed by atoms with Crippen molar-refractivity contribution in [2.45, 2.75) is 0 Å². The van der Waals surface area contributed by atoms with Gasteiger partial charge < -0.3 is 14.2 Å². The third kappa shape index (κ3) is 4.30. The Bertz CT molecular complexity index is 953. The molecule has 0 saturated heterocycles. The molecule has 0 spiro atoms. The summed E-state index contributed by atoms with van der Waals surface area (Å²) in [5.41, 5.74) is 1.60. The number of methoxy groups -OCH3 is 2. The molecule has 0 fully saturated rings. The minimum atomic E-state index is -0.0180. The minimum absolute atomic E-state index is 0.0180. The number of hydrogen-bond donors (Lipinski definition) is 0. The van der Waals surface area contributed by atoms with Crippen LogP contribution in [0, 0.1) is 0 Å². The first-order valence-electron chi connectivity index (χ1n) is 7.73. The Hall–Kier alpha value is -2.83. The monoisotopic (exact) mass is 404 g/mol. The molecule has 0 amide bonds. The second-order valence-electron chi connectivity index (χ2n) is 5.33. The number of carbonyl (C=O) groups is 1. The maximum atomic E-state index is 11.8. The Labute approximate surface area is 165 Å². The molecule has 0 aliphatic carbocycles. The number of hydrogen-bond acceptors (Lipinski definition) is 6. The zero-order valence-corrected chi connectivity index (χ0v) is 15.9. The van der Waals surface area contributed by atoms with Crippen molar-refractivity contribution in [3.63, 3.8) is 0 Å². The minimum Gasteiger partial charge on any atom is -0.481 e. The van der Waals surface area contributed by atoms with Crippen molar-refractivity contribution in [3.8, 4) is 34.6 Å². The first-order valence-corrected chi connectivity index (χ1v) is 8.49. The molecule has 2 aromatic carbocycles. The molecule has 3 aromatic rings. The number of halogens is 2. The van der Waals surface area contributed by atoms with E-state index in [0.717, 1.165) is 0 Å². The summed E-state index contributed by atoms with van der Waals surface area (Å²) in [7, 11) is 2.93. The highest BCUT2D eigenvalue weighted by Gasteiger charge is 2.15. The fraction of sp³-hybridized carbons (Fsp3) is 0.105. The largest absolute Gasteiger partial charge is 0.481 e. The summed E-state index contributed by atoms with van der Waals surface area (Å²) in [4.78, 5) is 20.0. The topological polar surface area (TPSA) is 70.5 Å². The van der Waals surface area contributed by atoms with Crippen LogP contribution in [-0.4, -0.2) is 30.5 Å². The van der Waals surface area contributed by atoms with E-state index in [1.54, 1.807) is 36.4 Å². The predicted molar refractivity (Wildman–Crippen MR) is 102 cm³/mol. The van der Waals surface area contributed by atoms with Crippen LogP contribution in [-0.2, 0) is 0 Å². The zero-order valence-electron chi connectivity index (χ0n) is 14.4. The van der Waals surface area contributed by atoms with Gasteiger partial charge in [-0.2, -0.15) is 9.97 Å². The lowest BCUT2D eigenvalue weighted by Crippen LogP contribution is -2.00. The van der Waals surface area contributed by atoms with Crippen LogP contribution < -0.4 is 14.2 Å². The quantitative estimate of drug-likeness (QED) is 0.533. The van der Waals surface area contributed by atoms with Gasteiger partial charge in [-0.3, -0.25) is 4.79 Å². The number of carbonyl (C=O) groups excluding carboxylic acids is 1. The van der Waals surface area contributed by atoms with Crippen molar-refractivity contribution in [1.82, 2.24) is 9.97 Å². The van der Waals surface area contributed by atoms with Crippen LogP contribution >= 0.6 is 23.2 Å². The van der Waals surface area contributed by atoms with Crippen LogP contribution in [0.4, 0.5) is 0 Å². The highest BCUT2D eigenvalue weighted by molar-refractivity contribution is 6.35. The molecule has 27 heavy (non-hydrogen) atoms. The van der Waals surface area contributed by atoms with E-state index in [0.29, 0.717) is 33.0 Å². The maximum absolute atomic E-state index is 11.8. The molecule has 0 N–H and O–H groups in total. The fourth-order valence-electron chi connectivity index (χ4n) is 2.45. The van der Waals surface area contributed by atoms with Crippen molar-refractivity contribution in [3.05, 3.63) is 58.1 Å². The molecule has 0 radical (unpaired) electrons. The summed E-state index contributed by atoms with van der Waals surface area (Å²) < 4.78 is 15.9. The lowest BCUT2D eigenvalue weighted by molar-refractivity contribution is 0.112. The fourth-order valence-corrected chi connectivity index (χ4v) is 2.98. The number of aromatic nitrogens is 2. The summed E-state index contributed by atoms with van der Waals surface area (Å²) in [5, 5.41) is 0.920. The van der Waals surface area contributed by atoms with Gasteiger partial charge in [0.1, 0.15) is 5.75 Å². The van der Waals surface area contributed by atoms with Crippen LogP contribution in [0.5, 0.6) is 23.5 Å². The van der Waals surface area contributed by atoms with E-state index in [4.69, 9.17) is 37.4 Å². The first kappa shape index (κ1) is 18.9. The van der Waals surface area contributed by atoms with Crippen LogP contribution in [0.15, 0.2) is 42.5 Å². The smallest absolute Gasteiger partial charge is 0.328 e. The van der Waals surface area contributed by atoms with Gasteiger partial charge in [0.05, 0.1) is 25.8 Å². The Balaban J connectivity index is 2.06. The molecule has 6 nitrogen and oxygen atoms in total. The molecule has 1 aromatic heterocycles. The van der Waals surface area contributed by atoms with Crippen LogP contribution in [0.1, 0.15) is 10.4 Å². The molecule has 0 saturated carbocycles. The summed E-state index contributed by atoms with van der Waals surface area (Å²) in [6.07, 6.45) is 0.691. The van der Waals surface area contributed by atoms with Gasteiger partial charge in [0, 0.05) is 10.0 Å². The van der Waals surface area contributed by atoms with Crippen molar-refractivity contribution >= 4 is 29.5 Å². The van der Waals surface area contributed by atoms with Crippen molar-refractivity contribution < 1.29 is 19.0 Å². The Morgan fingerprint density at radius 3 is 2.11 bits per heavy atom. The standard InChI is InChI=1S/C19H14Cl2N2O4/c1-25-17-9-18(26-2)23-19(22-17)27-16-5-3-4-14(15(16)10-24)11-6-12(20)8-13(21)7-11/h3-10H,1-2H3. The van der Waals surface area contributed by atoms with Crippen molar-refractivity contribution in [1.29, 1.82) is 0 Å². The molecule has 0 unspecified atom stereocenters. The van der Waals surface area contributed by atoms with Gasteiger partial charge in [0.15, 0.2) is 6.29 Å². The molecule has 0 aliphatic heterocycles. The van der Waals surface area contributed by atoms with Gasteiger partial charge in [0.2, 0.25) is 11.8 Å². The first-order chi connectivity index (χ1) is 13.0. The molecule has 3 rings (SSSR count). The Kier molecular flexibility index (Phi) is 5.78. The van der Waals surface area contributed by atoms with Crippen molar-refractivity contribution in [2.24, 2.45) is 0 Å². The van der Waals surface area contributed by atoms with E-state index < -0.39 is 0 Å². The third-order valence-electron chi connectivity index (χ3n) is 3.64. The van der Waals surface area contributed by atoms with Gasteiger partial charge in [-0.05, 0) is 35.4 Å².